The van der Waals surface area contributed by atoms with E-state index in [0.29, 0.717) is 24.2 Å². The molecule has 1 aliphatic rings. The van der Waals surface area contributed by atoms with Crippen LogP contribution in [0.25, 0.3) is 11.1 Å². The monoisotopic (exact) mass is 560 g/mol. The first-order valence-electron chi connectivity index (χ1n) is 14.9. The number of piperidine rings is 1. The Kier molecular flexibility index (Phi) is 9.80. The molecule has 3 N–H and O–H groups in total. The van der Waals surface area contributed by atoms with Gasteiger partial charge in [-0.3, -0.25) is 14.5 Å². The molecule has 4 aromatic rings. The molecule has 0 bridgehead atoms. The number of nitrogens with two attached hydrogens (primary N) is 1. The Balaban J connectivity index is 1.41. The molecule has 6 nitrogen and oxygen atoms in total. The molecule has 0 aromatic heterocycles. The average molecular weight is 561 g/mol. The summed E-state index contributed by atoms with van der Waals surface area (Å²) in [4.78, 5) is 31.5. The van der Waals surface area contributed by atoms with E-state index in [9.17, 15) is 9.59 Å². The Hall–Kier alpha value is -4.26. The van der Waals surface area contributed by atoms with Crippen LogP contribution in [0.1, 0.15) is 57.7 Å². The van der Waals surface area contributed by atoms with Gasteiger partial charge in [-0.2, -0.15) is 0 Å². The fraction of sp³-hybridized carbons (Fsp3) is 0.278. The number of likely N-dealkylation sites (tertiary alicyclic amines) is 1. The van der Waals surface area contributed by atoms with Crippen LogP contribution in [0, 0.1) is 0 Å². The Morgan fingerprint density at radius 2 is 1.55 bits per heavy atom. The first-order valence-corrected chi connectivity index (χ1v) is 14.9. The predicted octanol–water partition coefficient (Wildman–Crippen LogP) is 5.91. The fourth-order valence-electron chi connectivity index (χ4n) is 5.93. The van der Waals surface area contributed by atoms with Gasteiger partial charge in [0.15, 0.2) is 0 Å². The van der Waals surface area contributed by atoms with Crippen molar-refractivity contribution in [2.75, 3.05) is 26.2 Å². The van der Waals surface area contributed by atoms with E-state index in [1.165, 1.54) is 5.56 Å². The molecule has 2 amide bonds. The molecule has 0 radical (unpaired) electrons. The minimum Gasteiger partial charge on any atom is -0.351 e. The molecule has 4 aromatic carbocycles. The van der Waals surface area contributed by atoms with Crippen molar-refractivity contribution in [1.82, 2.24) is 15.1 Å². The highest BCUT2D eigenvalue weighted by molar-refractivity contribution is 6.01. The molecule has 6 heteroatoms. The molecule has 1 aliphatic heterocycles. The van der Waals surface area contributed by atoms with E-state index in [0.717, 1.165) is 49.2 Å². The second-order valence-corrected chi connectivity index (χ2v) is 11.0. The number of hydrogen-bond acceptors (Lipinski definition) is 4. The van der Waals surface area contributed by atoms with E-state index < -0.39 is 0 Å². The zero-order valence-corrected chi connectivity index (χ0v) is 24.3. The van der Waals surface area contributed by atoms with Gasteiger partial charge in [0.05, 0.1) is 6.04 Å². The summed E-state index contributed by atoms with van der Waals surface area (Å²) in [6.45, 7) is 5.74. The van der Waals surface area contributed by atoms with E-state index in [-0.39, 0.29) is 23.9 Å². The van der Waals surface area contributed by atoms with E-state index in [1.807, 2.05) is 66.7 Å². The van der Waals surface area contributed by atoms with Gasteiger partial charge in [0.25, 0.3) is 11.8 Å². The Morgan fingerprint density at radius 1 is 0.881 bits per heavy atom. The zero-order valence-electron chi connectivity index (χ0n) is 24.3. The van der Waals surface area contributed by atoms with Gasteiger partial charge >= 0.3 is 0 Å². The highest BCUT2D eigenvalue weighted by Crippen LogP contribution is 2.33. The molecular formula is C36H40N4O2. The second-order valence-electron chi connectivity index (χ2n) is 11.0. The number of rotatable bonds is 10. The van der Waals surface area contributed by atoms with Crippen molar-refractivity contribution < 1.29 is 9.59 Å². The second kappa shape index (κ2) is 14.1. The predicted molar refractivity (Wildman–Crippen MR) is 169 cm³/mol. The molecule has 1 atom stereocenters. The van der Waals surface area contributed by atoms with E-state index >= 15 is 0 Å². The van der Waals surface area contributed by atoms with Crippen molar-refractivity contribution in [2.24, 2.45) is 5.73 Å². The third kappa shape index (κ3) is 6.96. The minimum absolute atomic E-state index is 0.0524. The maximum atomic E-state index is 14.1. The molecule has 0 spiro atoms. The first kappa shape index (κ1) is 29.2. The van der Waals surface area contributed by atoms with Crippen LogP contribution in [0.5, 0.6) is 0 Å². The maximum Gasteiger partial charge on any atom is 0.254 e. The Morgan fingerprint density at radius 3 is 2.26 bits per heavy atom. The summed E-state index contributed by atoms with van der Waals surface area (Å²) in [5, 5.41) is 2.89. The van der Waals surface area contributed by atoms with E-state index in [2.05, 4.69) is 64.5 Å². The summed E-state index contributed by atoms with van der Waals surface area (Å²) >= 11 is 0. The van der Waals surface area contributed by atoms with Gasteiger partial charge in [-0.15, -0.1) is 0 Å². The lowest BCUT2D eigenvalue weighted by Crippen LogP contribution is -2.48. The van der Waals surface area contributed by atoms with Gasteiger partial charge in [0.1, 0.15) is 0 Å². The van der Waals surface area contributed by atoms with Gasteiger partial charge in [0.2, 0.25) is 0 Å². The lowest BCUT2D eigenvalue weighted by atomic mass is 9.93. The quantitative estimate of drug-likeness (QED) is 0.253. The number of hydrogen-bond donors (Lipinski definition) is 2. The van der Waals surface area contributed by atoms with Gasteiger partial charge in [-0.05, 0) is 66.3 Å². The maximum absolute atomic E-state index is 14.1. The van der Waals surface area contributed by atoms with Crippen LogP contribution in [0.15, 0.2) is 109 Å². The number of benzene rings is 4. The summed E-state index contributed by atoms with van der Waals surface area (Å²) in [7, 11) is 0. The van der Waals surface area contributed by atoms with Crippen molar-refractivity contribution in [1.29, 1.82) is 0 Å². The zero-order chi connectivity index (χ0) is 29.3. The molecule has 42 heavy (non-hydrogen) atoms. The highest BCUT2D eigenvalue weighted by Gasteiger charge is 2.33. The van der Waals surface area contributed by atoms with E-state index in [1.54, 1.807) is 0 Å². The van der Waals surface area contributed by atoms with Gasteiger partial charge in [0, 0.05) is 49.9 Å². The van der Waals surface area contributed by atoms with Crippen LogP contribution >= 0.6 is 0 Å². The van der Waals surface area contributed by atoms with Crippen LogP contribution in [-0.2, 0) is 6.54 Å². The molecule has 1 unspecified atom stereocenters. The van der Waals surface area contributed by atoms with Crippen molar-refractivity contribution >= 4 is 11.8 Å². The topological polar surface area (TPSA) is 78.7 Å². The summed E-state index contributed by atoms with van der Waals surface area (Å²) < 4.78 is 0. The number of nitrogens with zero attached hydrogens (tertiary/aromatic N) is 2. The molecule has 1 heterocycles. The molecule has 5 rings (SSSR count). The average Bonchev–Trinajstić information content (AvgIpc) is 3.05. The van der Waals surface area contributed by atoms with Crippen molar-refractivity contribution in [2.45, 2.75) is 38.4 Å². The summed E-state index contributed by atoms with van der Waals surface area (Å²) in [5.41, 5.74) is 11.1. The molecule has 0 aliphatic carbocycles. The lowest BCUT2D eigenvalue weighted by Gasteiger charge is -2.42. The number of carbonyl (C=O) groups excluding carboxylic acids is 2. The van der Waals surface area contributed by atoms with Crippen LogP contribution in [0.2, 0.25) is 0 Å². The first-order chi connectivity index (χ1) is 20.5. The van der Waals surface area contributed by atoms with Crippen molar-refractivity contribution in [3.8, 4) is 11.1 Å². The van der Waals surface area contributed by atoms with Gasteiger partial charge in [-0.1, -0.05) is 84.9 Å². The lowest BCUT2D eigenvalue weighted by molar-refractivity contribution is 0.0451. The highest BCUT2D eigenvalue weighted by atomic mass is 16.2. The van der Waals surface area contributed by atoms with E-state index in [4.69, 9.17) is 5.73 Å². The fourth-order valence-corrected chi connectivity index (χ4v) is 5.93. The van der Waals surface area contributed by atoms with Crippen molar-refractivity contribution in [3.05, 3.63) is 131 Å². The summed E-state index contributed by atoms with van der Waals surface area (Å²) in [6, 6.07) is 36.0. The van der Waals surface area contributed by atoms with Gasteiger partial charge < -0.3 is 16.0 Å². The molecular weight excluding hydrogens is 520 g/mol. The largest absolute Gasteiger partial charge is 0.351 e. The molecule has 1 saturated heterocycles. The molecule has 216 valence electrons. The Bertz CT molecular complexity index is 1470. The minimum atomic E-state index is -0.151. The Labute approximate surface area is 249 Å². The van der Waals surface area contributed by atoms with Crippen molar-refractivity contribution in [3.63, 3.8) is 0 Å². The van der Waals surface area contributed by atoms with Crippen LogP contribution in [-0.4, -0.2) is 53.8 Å². The van der Waals surface area contributed by atoms with Crippen LogP contribution < -0.4 is 11.1 Å². The molecule has 1 fully saturated rings. The van der Waals surface area contributed by atoms with Crippen LogP contribution in [0.4, 0.5) is 0 Å². The number of amides is 2. The summed E-state index contributed by atoms with van der Waals surface area (Å²) in [5.74, 6) is -0.0887. The standard InChI is InChI=1S/C36H40N4O2/c1-27(30-15-10-16-31(25-30)33-17-8-9-18-34(33)35(41)38-22-21-37)40(36(42)29-13-6-3-7-14-29)32-19-23-39(24-20-32)26-28-11-4-2-5-12-28/h2-18,25,27,32H,19-24,26,37H2,1H3,(H,38,41). The van der Waals surface area contributed by atoms with Gasteiger partial charge in [-0.25, -0.2) is 0 Å². The third-order valence-electron chi connectivity index (χ3n) is 8.15. The number of nitrogens with one attached hydrogen (secondary N) is 1. The smallest absolute Gasteiger partial charge is 0.254 e. The molecule has 0 saturated carbocycles. The normalized spacial score (nSPS) is 14.7. The number of carbonyl (C=O) groups is 2. The summed E-state index contributed by atoms with van der Waals surface area (Å²) in [6.07, 6.45) is 1.83. The van der Waals surface area contributed by atoms with Crippen LogP contribution in [0.3, 0.4) is 0 Å². The third-order valence-corrected chi connectivity index (χ3v) is 8.15. The SMILES string of the molecule is CC(c1cccc(-c2ccccc2C(=O)NCCN)c1)N(C(=O)c1ccccc1)C1CCN(Cc2ccccc2)CC1.